The SMILES string of the molecule is CC1=C[C@H](C)C[C@H](C)[C@H]1c1c(C)nn(-c2cc(Oc3ccc4c5ccccc5n(-c5cc(C(C)C)ccn5)c4c3)cc(C(C)(C)C)c2)c1CC(C)C. The standard InChI is InChI=1S/C47H56N4O/c1-28(2)20-43-46(45-31(6)21-30(5)22-32(45)7)33(8)49-51(43)36-24-35(47(9,10)11)25-38(26-36)52-37-16-17-40-39-14-12-13-15-41(39)50(42(40)27-37)44-23-34(29(3)4)18-19-48-44/h12-19,21,23-30,32,45H,20,22H2,1-11H3/t30-,32-,45-/m0/s1. The summed E-state index contributed by atoms with van der Waals surface area (Å²) in [6.45, 7) is 25.2. The lowest BCUT2D eigenvalue weighted by Gasteiger charge is -2.33. The Bertz CT molecular complexity index is 2290. The highest BCUT2D eigenvalue weighted by Gasteiger charge is 2.33. The van der Waals surface area contributed by atoms with Crippen LogP contribution in [0.25, 0.3) is 33.3 Å². The predicted octanol–water partition coefficient (Wildman–Crippen LogP) is 12.8. The zero-order valence-corrected chi connectivity index (χ0v) is 33.1. The lowest BCUT2D eigenvalue weighted by Crippen LogP contribution is -2.21. The van der Waals surface area contributed by atoms with E-state index in [9.17, 15) is 0 Å². The minimum atomic E-state index is -0.0891. The fraction of sp³-hybridized carbons (Fsp3) is 0.404. The van der Waals surface area contributed by atoms with E-state index in [1.807, 2.05) is 6.20 Å². The number of nitrogens with zero attached hydrogens (tertiary/aromatic N) is 4. The van der Waals surface area contributed by atoms with E-state index >= 15 is 0 Å². The summed E-state index contributed by atoms with van der Waals surface area (Å²) in [6.07, 6.45) is 6.58. The Morgan fingerprint density at radius 2 is 1.60 bits per heavy atom. The molecule has 0 saturated carbocycles. The van der Waals surface area contributed by atoms with Crippen LogP contribution in [0.1, 0.15) is 116 Å². The summed E-state index contributed by atoms with van der Waals surface area (Å²) >= 11 is 0. The van der Waals surface area contributed by atoms with Crippen LogP contribution in [0.2, 0.25) is 0 Å². The van der Waals surface area contributed by atoms with E-state index in [2.05, 4.69) is 164 Å². The van der Waals surface area contributed by atoms with E-state index in [4.69, 9.17) is 14.8 Å². The lowest BCUT2D eigenvalue weighted by molar-refractivity contribution is 0.388. The Morgan fingerprint density at radius 1 is 0.846 bits per heavy atom. The van der Waals surface area contributed by atoms with Crippen molar-refractivity contribution in [1.82, 2.24) is 19.3 Å². The molecule has 5 heteroatoms. The highest BCUT2D eigenvalue weighted by molar-refractivity contribution is 6.09. The number of allylic oxidation sites excluding steroid dienone is 2. The third-order valence-corrected chi connectivity index (χ3v) is 11.0. The molecule has 6 aromatic rings. The molecule has 52 heavy (non-hydrogen) atoms. The monoisotopic (exact) mass is 692 g/mol. The largest absolute Gasteiger partial charge is 0.457 e. The summed E-state index contributed by atoms with van der Waals surface area (Å²) in [5, 5.41) is 7.70. The number of hydrogen-bond acceptors (Lipinski definition) is 3. The molecule has 0 fully saturated rings. The first kappa shape index (κ1) is 35.7. The van der Waals surface area contributed by atoms with Crippen molar-refractivity contribution in [3.05, 3.63) is 119 Å². The van der Waals surface area contributed by atoms with E-state index in [1.165, 1.54) is 45.2 Å². The number of ether oxygens (including phenoxy) is 1. The fourth-order valence-corrected chi connectivity index (χ4v) is 8.60. The van der Waals surface area contributed by atoms with E-state index in [1.54, 1.807) is 0 Å². The zero-order valence-electron chi connectivity index (χ0n) is 33.1. The van der Waals surface area contributed by atoms with Crippen LogP contribution < -0.4 is 4.74 Å². The van der Waals surface area contributed by atoms with Crippen LogP contribution in [0.4, 0.5) is 0 Å². The van der Waals surface area contributed by atoms with Gasteiger partial charge in [-0.25, -0.2) is 9.67 Å². The van der Waals surface area contributed by atoms with Crippen LogP contribution in [0, 0.1) is 24.7 Å². The summed E-state index contributed by atoms with van der Waals surface area (Å²) < 4.78 is 11.4. The van der Waals surface area contributed by atoms with Crippen molar-refractivity contribution < 1.29 is 4.74 Å². The minimum absolute atomic E-state index is 0.0891. The van der Waals surface area contributed by atoms with Gasteiger partial charge in [-0.3, -0.25) is 4.57 Å². The van der Waals surface area contributed by atoms with Gasteiger partial charge in [0.15, 0.2) is 0 Å². The van der Waals surface area contributed by atoms with Gasteiger partial charge in [0.2, 0.25) is 0 Å². The highest BCUT2D eigenvalue weighted by atomic mass is 16.5. The van der Waals surface area contributed by atoms with Gasteiger partial charge in [0.1, 0.15) is 17.3 Å². The highest BCUT2D eigenvalue weighted by Crippen LogP contribution is 2.44. The average molecular weight is 693 g/mol. The molecule has 5 nitrogen and oxygen atoms in total. The molecule has 1 aliphatic rings. The third-order valence-electron chi connectivity index (χ3n) is 11.0. The van der Waals surface area contributed by atoms with Gasteiger partial charge in [0, 0.05) is 46.3 Å². The summed E-state index contributed by atoms with van der Waals surface area (Å²) in [6, 6.07) is 26.1. The normalized spacial score (nSPS) is 18.2. The smallest absolute Gasteiger partial charge is 0.137 e. The van der Waals surface area contributed by atoms with Crippen molar-refractivity contribution in [3.8, 4) is 23.0 Å². The Hall–Kier alpha value is -4.64. The molecule has 0 aliphatic heterocycles. The number of pyridine rings is 1. The summed E-state index contributed by atoms with van der Waals surface area (Å²) in [4.78, 5) is 4.86. The van der Waals surface area contributed by atoms with Crippen LogP contribution in [0.3, 0.4) is 0 Å². The number of fused-ring (bicyclic) bond motifs is 3. The molecule has 0 unspecified atom stereocenters. The topological polar surface area (TPSA) is 44.9 Å². The molecule has 0 bridgehead atoms. The minimum Gasteiger partial charge on any atom is -0.457 e. The van der Waals surface area contributed by atoms with Crippen molar-refractivity contribution in [3.63, 3.8) is 0 Å². The Balaban J connectivity index is 1.36. The van der Waals surface area contributed by atoms with Crippen LogP contribution in [0.5, 0.6) is 11.5 Å². The molecule has 0 N–H and O–H groups in total. The number of para-hydroxylation sites is 1. The molecule has 0 spiro atoms. The van der Waals surface area contributed by atoms with Gasteiger partial charge in [-0.2, -0.15) is 5.10 Å². The first-order chi connectivity index (χ1) is 24.7. The fourth-order valence-electron chi connectivity index (χ4n) is 8.60. The van der Waals surface area contributed by atoms with E-state index in [0.717, 1.165) is 46.2 Å². The molecule has 3 atom stereocenters. The number of rotatable bonds is 8. The first-order valence-corrected chi connectivity index (χ1v) is 19.3. The third kappa shape index (κ3) is 6.71. The van der Waals surface area contributed by atoms with Gasteiger partial charge in [0.25, 0.3) is 0 Å². The van der Waals surface area contributed by atoms with Crippen LogP contribution in [-0.2, 0) is 11.8 Å². The van der Waals surface area contributed by atoms with Crippen LogP contribution >= 0.6 is 0 Å². The molecular formula is C47H56N4O. The second-order valence-corrected chi connectivity index (χ2v) is 17.2. The molecule has 3 aromatic heterocycles. The Morgan fingerprint density at radius 3 is 2.31 bits per heavy atom. The van der Waals surface area contributed by atoms with Gasteiger partial charge >= 0.3 is 0 Å². The molecular weight excluding hydrogens is 637 g/mol. The van der Waals surface area contributed by atoms with Gasteiger partial charge in [-0.05, 0) is 109 Å². The van der Waals surface area contributed by atoms with E-state index in [-0.39, 0.29) is 5.41 Å². The molecule has 1 aliphatic carbocycles. The first-order valence-electron chi connectivity index (χ1n) is 19.3. The van der Waals surface area contributed by atoms with E-state index < -0.39 is 0 Å². The Labute approximate surface area is 310 Å². The summed E-state index contributed by atoms with van der Waals surface area (Å²) in [7, 11) is 0. The number of benzene rings is 3. The van der Waals surface area contributed by atoms with Crippen molar-refractivity contribution >= 4 is 21.8 Å². The molecule has 0 amide bonds. The molecule has 270 valence electrons. The summed E-state index contributed by atoms with van der Waals surface area (Å²) in [5.41, 5.74) is 11.0. The maximum atomic E-state index is 6.87. The van der Waals surface area contributed by atoms with Gasteiger partial charge in [0.05, 0.1) is 22.4 Å². The van der Waals surface area contributed by atoms with Crippen molar-refractivity contribution in [2.75, 3.05) is 0 Å². The Kier molecular flexibility index (Phi) is 9.44. The molecule has 0 radical (unpaired) electrons. The van der Waals surface area contributed by atoms with E-state index in [0.29, 0.717) is 29.6 Å². The quantitative estimate of drug-likeness (QED) is 0.149. The van der Waals surface area contributed by atoms with Gasteiger partial charge in [-0.1, -0.05) is 92.2 Å². The van der Waals surface area contributed by atoms with Crippen molar-refractivity contribution in [2.45, 2.75) is 106 Å². The van der Waals surface area contributed by atoms with Crippen LogP contribution in [0.15, 0.2) is 90.6 Å². The van der Waals surface area contributed by atoms with Crippen LogP contribution in [-0.4, -0.2) is 19.3 Å². The van der Waals surface area contributed by atoms with Crippen molar-refractivity contribution in [1.29, 1.82) is 0 Å². The molecule has 0 saturated heterocycles. The lowest BCUT2D eigenvalue weighted by atomic mass is 9.72. The zero-order chi connectivity index (χ0) is 37.1. The number of aromatic nitrogens is 4. The maximum Gasteiger partial charge on any atom is 0.137 e. The summed E-state index contributed by atoms with van der Waals surface area (Å²) in [5.74, 6) is 4.98. The predicted molar refractivity (Wildman–Crippen MR) is 218 cm³/mol. The second kappa shape index (κ2) is 13.7. The molecule has 3 heterocycles. The van der Waals surface area contributed by atoms with Crippen molar-refractivity contribution in [2.24, 2.45) is 17.8 Å². The van der Waals surface area contributed by atoms with Gasteiger partial charge in [-0.15, -0.1) is 0 Å². The second-order valence-electron chi connectivity index (χ2n) is 17.2. The number of aryl methyl sites for hydroxylation is 1. The van der Waals surface area contributed by atoms with Gasteiger partial charge < -0.3 is 4.74 Å². The average Bonchev–Trinajstić information content (AvgIpc) is 3.57. The number of hydrogen-bond donors (Lipinski definition) is 0. The molecule has 7 rings (SSSR count). The maximum absolute atomic E-state index is 6.87. The molecule has 3 aromatic carbocycles.